The molecule has 0 saturated heterocycles. The molecule has 0 saturated carbocycles. The Kier molecular flexibility index (Phi) is 6.48. The Morgan fingerprint density at radius 2 is 2.00 bits per heavy atom. The SMILES string of the molecule is Cn1cc(NC(=O)C(COCc2ccccc2)NC(=O)C(C)(C)N)cn1. The first-order valence-corrected chi connectivity index (χ1v) is 8.27. The number of aromatic nitrogens is 2. The van der Waals surface area contributed by atoms with Crippen LogP contribution in [0.15, 0.2) is 42.7 Å². The molecule has 0 fully saturated rings. The standard InChI is InChI=1S/C18H25N5O3/c1-18(2,19)17(25)22-15(12-26-11-13-7-5-4-6-8-13)16(24)21-14-9-20-23(3)10-14/h4-10,15H,11-12,19H2,1-3H3,(H,21,24)(H,22,25). The van der Waals surface area contributed by atoms with E-state index in [1.165, 1.54) is 6.20 Å². The maximum Gasteiger partial charge on any atom is 0.249 e. The fourth-order valence-electron chi connectivity index (χ4n) is 2.11. The summed E-state index contributed by atoms with van der Waals surface area (Å²) in [5.74, 6) is -0.837. The number of amides is 2. The molecule has 0 radical (unpaired) electrons. The lowest BCUT2D eigenvalue weighted by atomic mass is 10.1. The number of aryl methyl sites for hydroxylation is 1. The number of hydrogen-bond donors (Lipinski definition) is 3. The summed E-state index contributed by atoms with van der Waals surface area (Å²) in [6.07, 6.45) is 3.18. The quantitative estimate of drug-likeness (QED) is 0.645. The van der Waals surface area contributed by atoms with Gasteiger partial charge in [0, 0.05) is 13.2 Å². The molecule has 1 aromatic carbocycles. The van der Waals surface area contributed by atoms with E-state index in [1.807, 2.05) is 30.3 Å². The third-order valence-corrected chi connectivity index (χ3v) is 3.58. The number of carbonyl (C=O) groups is 2. The molecule has 4 N–H and O–H groups in total. The van der Waals surface area contributed by atoms with E-state index in [0.29, 0.717) is 12.3 Å². The first-order valence-electron chi connectivity index (χ1n) is 8.27. The second kappa shape index (κ2) is 8.59. The minimum absolute atomic E-state index is 0.0167. The fraction of sp³-hybridized carbons (Fsp3) is 0.389. The van der Waals surface area contributed by atoms with Crippen LogP contribution in [0.1, 0.15) is 19.4 Å². The molecule has 0 aliphatic heterocycles. The maximum atomic E-state index is 12.5. The molecule has 0 spiro atoms. The molecular formula is C18H25N5O3. The van der Waals surface area contributed by atoms with Gasteiger partial charge in [-0.25, -0.2) is 0 Å². The van der Waals surface area contributed by atoms with Crippen molar-refractivity contribution < 1.29 is 14.3 Å². The molecule has 8 nitrogen and oxygen atoms in total. The van der Waals surface area contributed by atoms with Crippen molar-refractivity contribution in [2.45, 2.75) is 32.0 Å². The molecule has 26 heavy (non-hydrogen) atoms. The van der Waals surface area contributed by atoms with Gasteiger partial charge in [-0.2, -0.15) is 5.10 Å². The molecule has 1 atom stereocenters. The second-order valence-electron chi connectivity index (χ2n) is 6.64. The Bertz CT molecular complexity index is 737. The van der Waals surface area contributed by atoms with Crippen LogP contribution in [-0.4, -0.2) is 39.8 Å². The Balaban J connectivity index is 2.00. The number of nitrogens with one attached hydrogen (secondary N) is 2. The number of ether oxygens (including phenoxy) is 1. The van der Waals surface area contributed by atoms with Gasteiger partial charge in [-0.05, 0) is 19.4 Å². The highest BCUT2D eigenvalue weighted by atomic mass is 16.5. The topological polar surface area (TPSA) is 111 Å². The average molecular weight is 359 g/mol. The lowest BCUT2D eigenvalue weighted by Gasteiger charge is -2.23. The van der Waals surface area contributed by atoms with Crippen molar-refractivity contribution in [3.8, 4) is 0 Å². The van der Waals surface area contributed by atoms with E-state index < -0.39 is 23.4 Å². The van der Waals surface area contributed by atoms with E-state index in [-0.39, 0.29) is 6.61 Å². The fourth-order valence-corrected chi connectivity index (χ4v) is 2.11. The summed E-state index contributed by atoms with van der Waals surface area (Å²) >= 11 is 0. The van der Waals surface area contributed by atoms with Gasteiger partial charge in [0.05, 0.1) is 30.6 Å². The lowest BCUT2D eigenvalue weighted by Crippen LogP contribution is -2.56. The van der Waals surface area contributed by atoms with Crippen LogP contribution < -0.4 is 16.4 Å². The van der Waals surface area contributed by atoms with E-state index in [4.69, 9.17) is 10.5 Å². The van der Waals surface area contributed by atoms with Crippen molar-refractivity contribution in [2.24, 2.45) is 12.8 Å². The number of anilines is 1. The highest BCUT2D eigenvalue weighted by Gasteiger charge is 2.28. The van der Waals surface area contributed by atoms with Crippen LogP contribution in [0.4, 0.5) is 5.69 Å². The van der Waals surface area contributed by atoms with Crippen LogP contribution in [0, 0.1) is 0 Å². The van der Waals surface area contributed by atoms with Crippen LogP contribution >= 0.6 is 0 Å². The van der Waals surface area contributed by atoms with Crippen molar-refractivity contribution in [3.05, 3.63) is 48.3 Å². The zero-order valence-electron chi connectivity index (χ0n) is 15.2. The zero-order valence-corrected chi connectivity index (χ0v) is 15.2. The monoisotopic (exact) mass is 359 g/mol. The smallest absolute Gasteiger partial charge is 0.249 e. The van der Waals surface area contributed by atoms with Gasteiger partial charge in [0.25, 0.3) is 0 Å². The van der Waals surface area contributed by atoms with Crippen molar-refractivity contribution in [2.75, 3.05) is 11.9 Å². The summed E-state index contributed by atoms with van der Waals surface area (Å²) in [7, 11) is 1.74. The highest BCUT2D eigenvalue weighted by molar-refractivity contribution is 5.98. The van der Waals surface area contributed by atoms with Crippen LogP contribution in [0.3, 0.4) is 0 Å². The van der Waals surface area contributed by atoms with Gasteiger partial charge in [0.2, 0.25) is 11.8 Å². The summed E-state index contributed by atoms with van der Waals surface area (Å²) < 4.78 is 7.19. The first-order chi connectivity index (χ1) is 12.3. The molecular weight excluding hydrogens is 334 g/mol. The van der Waals surface area contributed by atoms with Gasteiger partial charge < -0.3 is 21.1 Å². The van der Waals surface area contributed by atoms with E-state index in [0.717, 1.165) is 5.56 Å². The first kappa shape index (κ1) is 19.6. The highest BCUT2D eigenvalue weighted by Crippen LogP contribution is 2.07. The third-order valence-electron chi connectivity index (χ3n) is 3.58. The molecule has 8 heteroatoms. The zero-order chi connectivity index (χ0) is 19.2. The molecule has 2 amide bonds. The summed E-state index contributed by atoms with van der Waals surface area (Å²) in [4.78, 5) is 24.7. The van der Waals surface area contributed by atoms with Gasteiger partial charge >= 0.3 is 0 Å². The number of hydrogen-bond acceptors (Lipinski definition) is 5. The number of benzene rings is 1. The Morgan fingerprint density at radius 1 is 1.31 bits per heavy atom. The van der Waals surface area contributed by atoms with Gasteiger partial charge in [-0.3, -0.25) is 14.3 Å². The Labute approximate surface area is 152 Å². The van der Waals surface area contributed by atoms with Crippen LogP contribution in [-0.2, 0) is 28.0 Å². The summed E-state index contributed by atoms with van der Waals surface area (Å²) in [5, 5.41) is 9.35. The normalized spacial score (nSPS) is 12.5. The van der Waals surface area contributed by atoms with Crippen LogP contribution in [0.5, 0.6) is 0 Å². The van der Waals surface area contributed by atoms with Crippen molar-refractivity contribution in [1.82, 2.24) is 15.1 Å². The summed E-state index contributed by atoms with van der Waals surface area (Å²) in [6, 6.07) is 8.69. The van der Waals surface area contributed by atoms with Gasteiger partial charge in [-0.15, -0.1) is 0 Å². The van der Waals surface area contributed by atoms with Gasteiger partial charge in [0.15, 0.2) is 0 Å². The Morgan fingerprint density at radius 3 is 2.58 bits per heavy atom. The molecule has 0 aliphatic rings. The molecule has 2 aromatic rings. The number of nitrogens with two attached hydrogens (primary N) is 1. The minimum Gasteiger partial charge on any atom is -0.374 e. The predicted molar refractivity (Wildman–Crippen MR) is 98.1 cm³/mol. The molecule has 2 rings (SSSR count). The van der Waals surface area contributed by atoms with E-state index in [9.17, 15) is 9.59 Å². The Hall–Kier alpha value is -2.71. The molecule has 0 aliphatic carbocycles. The minimum atomic E-state index is -1.10. The summed E-state index contributed by atoms with van der Waals surface area (Å²) in [5.41, 5.74) is 6.21. The maximum absolute atomic E-state index is 12.5. The predicted octanol–water partition coefficient (Wildman–Crippen LogP) is 0.798. The average Bonchev–Trinajstić information content (AvgIpc) is 2.98. The summed E-state index contributed by atoms with van der Waals surface area (Å²) in [6.45, 7) is 3.49. The largest absolute Gasteiger partial charge is 0.374 e. The number of carbonyl (C=O) groups excluding carboxylic acids is 2. The molecule has 1 unspecified atom stereocenters. The second-order valence-corrected chi connectivity index (χ2v) is 6.64. The van der Waals surface area contributed by atoms with E-state index >= 15 is 0 Å². The van der Waals surface area contributed by atoms with Crippen LogP contribution in [0.25, 0.3) is 0 Å². The van der Waals surface area contributed by atoms with Crippen LogP contribution in [0.2, 0.25) is 0 Å². The van der Waals surface area contributed by atoms with Crippen molar-refractivity contribution >= 4 is 17.5 Å². The third kappa shape index (κ3) is 5.98. The number of nitrogens with zero attached hydrogens (tertiary/aromatic N) is 2. The molecule has 1 aromatic heterocycles. The van der Waals surface area contributed by atoms with Gasteiger partial charge in [0.1, 0.15) is 6.04 Å². The van der Waals surface area contributed by atoms with Crippen molar-refractivity contribution in [1.29, 1.82) is 0 Å². The molecule has 1 heterocycles. The number of rotatable bonds is 8. The van der Waals surface area contributed by atoms with E-state index in [2.05, 4.69) is 15.7 Å². The molecule has 0 bridgehead atoms. The van der Waals surface area contributed by atoms with Crippen molar-refractivity contribution in [3.63, 3.8) is 0 Å². The molecule has 140 valence electrons. The van der Waals surface area contributed by atoms with Gasteiger partial charge in [-0.1, -0.05) is 30.3 Å². The van der Waals surface area contributed by atoms with E-state index in [1.54, 1.807) is 31.8 Å². The lowest BCUT2D eigenvalue weighted by molar-refractivity contribution is -0.130.